The summed E-state index contributed by atoms with van der Waals surface area (Å²) in [6, 6.07) is 0. The zero-order chi connectivity index (χ0) is 20.2. The minimum atomic E-state index is -5.66. The lowest BCUT2D eigenvalue weighted by Gasteiger charge is -2.19. The van der Waals surface area contributed by atoms with Gasteiger partial charge in [0.1, 0.15) is 0 Å². The summed E-state index contributed by atoms with van der Waals surface area (Å²) in [5.74, 6) is -7.17. The summed E-state index contributed by atoms with van der Waals surface area (Å²) >= 11 is 0. The van der Waals surface area contributed by atoms with Crippen molar-refractivity contribution in [2.24, 2.45) is 0 Å². The molecule has 10 heteroatoms. The molecular weight excluding hydrogens is 365 g/mol. The largest absolute Gasteiger partial charge is 0.481 e. The van der Waals surface area contributed by atoms with Crippen LogP contribution < -0.4 is 5.32 Å². The van der Waals surface area contributed by atoms with Gasteiger partial charge in [-0.15, -0.1) is 0 Å². The minimum Gasteiger partial charge on any atom is -0.481 e. The molecular formula is C16H24F5NO4. The number of hydrogen-bond acceptors (Lipinski definition) is 4. The van der Waals surface area contributed by atoms with Gasteiger partial charge in [-0.2, -0.15) is 22.0 Å². The molecule has 0 fully saturated rings. The SMILES string of the molecule is CCCCNCCC=C(CC(=O)O)C(=O)OCCCC(F)(F)C(F)(F)F. The molecule has 0 aliphatic heterocycles. The Bertz CT molecular complexity index is 478. The second kappa shape index (κ2) is 11.8. The molecule has 0 saturated carbocycles. The number of carboxylic acids is 1. The van der Waals surface area contributed by atoms with Gasteiger partial charge in [0, 0.05) is 12.0 Å². The number of alkyl halides is 5. The number of carbonyl (C=O) groups excluding carboxylic acids is 1. The number of hydrogen-bond donors (Lipinski definition) is 2. The molecule has 0 bridgehead atoms. The highest BCUT2D eigenvalue weighted by atomic mass is 19.4. The number of nitrogens with one attached hydrogen (secondary N) is 1. The van der Waals surface area contributed by atoms with Crippen LogP contribution in [-0.2, 0) is 14.3 Å². The van der Waals surface area contributed by atoms with Crippen LogP contribution in [0.4, 0.5) is 22.0 Å². The molecule has 0 radical (unpaired) electrons. The van der Waals surface area contributed by atoms with Crippen molar-refractivity contribution >= 4 is 11.9 Å². The summed E-state index contributed by atoms with van der Waals surface area (Å²) in [6.07, 6.45) is -4.79. The highest BCUT2D eigenvalue weighted by Gasteiger charge is 2.56. The fourth-order valence-corrected chi connectivity index (χ4v) is 1.86. The molecule has 0 aromatic rings. The summed E-state index contributed by atoms with van der Waals surface area (Å²) in [5.41, 5.74) is -0.169. The predicted molar refractivity (Wildman–Crippen MR) is 83.9 cm³/mol. The van der Waals surface area contributed by atoms with Crippen LogP contribution in [0, 0.1) is 0 Å². The average molecular weight is 389 g/mol. The zero-order valence-electron chi connectivity index (χ0n) is 14.5. The van der Waals surface area contributed by atoms with E-state index in [1.807, 2.05) is 6.92 Å². The number of halogens is 5. The maximum absolute atomic E-state index is 12.7. The van der Waals surface area contributed by atoms with Crippen LogP contribution >= 0.6 is 0 Å². The minimum absolute atomic E-state index is 0.169. The van der Waals surface area contributed by atoms with Crippen LogP contribution in [-0.4, -0.2) is 48.8 Å². The fourth-order valence-electron chi connectivity index (χ4n) is 1.86. The number of aliphatic carboxylic acids is 1. The van der Waals surface area contributed by atoms with Gasteiger partial charge < -0.3 is 15.2 Å². The molecule has 0 aliphatic rings. The van der Waals surface area contributed by atoms with Gasteiger partial charge in [-0.05, 0) is 32.4 Å². The third kappa shape index (κ3) is 10.3. The van der Waals surface area contributed by atoms with Crippen molar-refractivity contribution in [2.75, 3.05) is 19.7 Å². The van der Waals surface area contributed by atoms with E-state index in [9.17, 15) is 31.5 Å². The third-order valence-electron chi connectivity index (χ3n) is 3.31. The third-order valence-corrected chi connectivity index (χ3v) is 3.31. The zero-order valence-corrected chi connectivity index (χ0v) is 14.5. The molecule has 5 nitrogen and oxygen atoms in total. The Hall–Kier alpha value is -1.71. The first kappa shape index (κ1) is 24.3. The summed E-state index contributed by atoms with van der Waals surface area (Å²) in [5, 5.41) is 11.9. The van der Waals surface area contributed by atoms with Gasteiger partial charge in [-0.25, -0.2) is 4.79 Å². The number of carboxylic acid groups (broad SMARTS) is 1. The van der Waals surface area contributed by atoms with Crippen molar-refractivity contribution in [1.29, 1.82) is 0 Å². The molecule has 0 amide bonds. The van der Waals surface area contributed by atoms with E-state index < -0.39 is 49.9 Å². The molecule has 0 atom stereocenters. The first-order valence-corrected chi connectivity index (χ1v) is 8.24. The van der Waals surface area contributed by atoms with Crippen LogP contribution in [0.5, 0.6) is 0 Å². The summed E-state index contributed by atoms with van der Waals surface area (Å²) < 4.78 is 66.1. The monoisotopic (exact) mass is 389 g/mol. The van der Waals surface area contributed by atoms with Gasteiger partial charge in [0.2, 0.25) is 0 Å². The van der Waals surface area contributed by atoms with Gasteiger partial charge in [-0.1, -0.05) is 19.4 Å². The van der Waals surface area contributed by atoms with Crippen LogP contribution in [0.3, 0.4) is 0 Å². The number of carbonyl (C=O) groups is 2. The van der Waals surface area contributed by atoms with Gasteiger partial charge in [0.05, 0.1) is 13.0 Å². The Kier molecular flexibility index (Phi) is 11.0. The number of unbranched alkanes of at least 4 members (excludes halogenated alkanes) is 1. The maximum atomic E-state index is 12.7. The smallest absolute Gasteiger partial charge is 0.453 e. The quantitative estimate of drug-likeness (QED) is 0.218. The van der Waals surface area contributed by atoms with E-state index in [4.69, 9.17) is 5.11 Å². The van der Waals surface area contributed by atoms with E-state index in [0.717, 1.165) is 19.4 Å². The van der Waals surface area contributed by atoms with Crippen molar-refractivity contribution in [3.05, 3.63) is 11.6 Å². The van der Waals surface area contributed by atoms with E-state index in [2.05, 4.69) is 10.1 Å². The fraction of sp³-hybridized carbons (Fsp3) is 0.750. The van der Waals surface area contributed by atoms with Crippen molar-refractivity contribution in [2.45, 2.75) is 57.5 Å². The molecule has 2 N–H and O–H groups in total. The Morgan fingerprint density at radius 1 is 1.12 bits per heavy atom. The number of rotatable bonds is 13. The second-order valence-corrected chi connectivity index (χ2v) is 5.63. The first-order chi connectivity index (χ1) is 12.0. The topological polar surface area (TPSA) is 75.6 Å². The lowest BCUT2D eigenvalue weighted by atomic mass is 10.1. The lowest BCUT2D eigenvalue weighted by molar-refractivity contribution is -0.284. The summed E-state index contributed by atoms with van der Waals surface area (Å²) in [6.45, 7) is 2.65. The molecule has 26 heavy (non-hydrogen) atoms. The van der Waals surface area contributed by atoms with Crippen LogP contribution in [0.1, 0.15) is 45.4 Å². The molecule has 0 heterocycles. The summed E-state index contributed by atoms with van der Waals surface area (Å²) in [7, 11) is 0. The van der Waals surface area contributed by atoms with Crippen molar-refractivity contribution in [3.8, 4) is 0 Å². The molecule has 0 unspecified atom stereocenters. The van der Waals surface area contributed by atoms with Gasteiger partial charge in [-0.3, -0.25) is 4.79 Å². The van der Waals surface area contributed by atoms with Crippen LogP contribution in [0.2, 0.25) is 0 Å². The van der Waals surface area contributed by atoms with E-state index in [-0.39, 0.29) is 5.57 Å². The molecule has 0 aromatic heterocycles. The van der Waals surface area contributed by atoms with Crippen LogP contribution in [0.15, 0.2) is 11.6 Å². The molecule has 0 spiro atoms. The Morgan fingerprint density at radius 2 is 1.77 bits per heavy atom. The highest BCUT2D eigenvalue weighted by Crippen LogP contribution is 2.38. The molecule has 0 aliphatic carbocycles. The van der Waals surface area contributed by atoms with Crippen LogP contribution in [0.25, 0.3) is 0 Å². The Morgan fingerprint density at radius 3 is 2.31 bits per heavy atom. The second-order valence-electron chi connectivity index (χ2n) is 5.63. The first-order valence-electron chi connectivity index (χ1n) is 8.24. The number of ether oxygens (including phenoxy) is 1. The average Bonchev–Trinajstić information content (AvgIpc) is 2.52. The maximum Gasteiger partial charge on any atom is 0.453 e. The summed E-state index contributed by atoms with van der Waals surface area (Å²) in [4.78, 5) is 22.6. The van der Waals surface area contributed by atoms with E-state index >= 15 is 0 Å². The Labute approximate surface area is 148 Å². The normalized spacial score (nSPS) is 12.9. The highest BCUT2D eigenvalue weighted by molar-refractivity contribution is 5.93. The van der Waals surface area contributed by atoms with Gasteiger partial charge in [0.25, 0.3) is 0 Å². The van der Waals surface area contributed by atoms with Crippen molar-refractivity contribution < 1.29 is 41.4 Å². The van der Waals surface area contributed by atoms with E-state index in [1.54, 1.807) is 0 Å². The molecule has 0 aromatic carbocycles. The van der Waals surface area contributed by atoms with Crippen molar-refractivity contribution in [1.82, 2.24) is 5.32 Å². The Balaban J connectivity index is 4.40. The van der Waals surface area contributed by atoms with Gasteiger partial charge in [0.15, 0.2) is 0 Å². The molecule has 152 valence electrons. The molecule has 0 saturated heterocycles. The van der Waals surface area contributed by atoms with Gasteiger partial charge >= 0.3 is 24.0 Å². The predicted octanol–water partition coefficient (Wildman–Crippen LogP) is 3.69. The molecule has 0 rings (SSSR count). The van der Waals surface area contributed by atoms with Crippen molar-refractivity contribution in [3.63, 3.8) is 0 Å². The van der Waals surface area contributed by atoms with E-state index in [1.165, 1.54) is 6.08 Å². The lowest BCUT2D eigenvalue weighted by Crippen LogP contribution is -2.36. The van der Waals surface area contributed by atoms with E-state index in [0.29, 0.717) is 13.0 Å². The standard InChI is InChI=1S/C16H24F5NO4/c1-2-3-8-22-9-4-6-12(11-13(23)24)14(25)26-10-5-7-15(17,18)16(19,20)21/h6,22H,2-5,7-11H2,1H3,(H,23,24). The number of esters is 1.